The molecule has 2 aliphatic heterocycles. The van der Waals surface area contributed by atoms with Crippen LogP contribution in [0.1, 0.15) is 134 Å². The lowest BCUT2D eigenvalue weighted by Crippen LogP contribution is -2.59. The van der Waals surface area contributed by atoms with E-state index < -0.39 is 29.7 Å². The Kier molecular flexibility index (Phi) is 18.3. The monoisotopic (exact) mass is 1050 g/mol. The lowest BCUT2D eigenvalue weighted by molar-refractivity contribution is -0.137. The van der Waals surface area contributed by atoms with Crippen LogP contribution >= 0.6 is 0 Å². The normalized spacial score (nSPS) is 27.4. The van der Waals surface area contributed by atoms with E-state index in [4.69, 9.17) is 4.74 Å². The number of aromatic nitrogens is 3. The van der Waals surface area contributed by atoms with Crippen molar-refractivity contribution in [2.45, 2.75) is 177 Å². The summed E-state index contributed by atoms with van der Waals surface area (Å²) in [6.07, 6.45) is 9.57. The van der Waals surface area contributed by atoms with E-state index in [0.717, 1.165) is 49.8 Å². The first-order valence-electron chi connectivity index (χ1n) is 27.0. The Hall–Kier alpha value is -5.96. The summed E-state index contributed by atoms with van der Waals surface area (Å²) >= 11 is 0. The maximum atomic E-state index is 14.1. The Morgan fingerprint density at radius 1 is 0.867 bits per heavy atom. The van der Waals surface area contributed by atoms with Gasteiger partial charge in [0.15, 0.2) is 0 Å². The van der Waals surface area contributed by atoms with Gasteiger partial charge in [0.2, 0.25) is 35.4 Å². The number of hydrogen-bond acceptors (Lipinski definition) is 12. The summed E-state index contributed by atoms with van der Waals surface area (Å²) in [4.78, 5) is 97.7. The Bertz CT molecular complexity index is 2490. The molecule has 0 unspecified atom stereocenters. The van der Waals surface area contributed by atoms with Crippen molar-refractivity contribution in [3.8, 4) is 0 Å². The number of ether oxygens (including phenoxy) is 1. The van der Waals surface area contributed by atoms with Gasteiger partial charge in [-0.15, -0.1) is 0 Å². The molecule has 408 valence electrons. The molecule has 6 atom stereocenters. The summed E-state index contributed by atoms with van der Waals surface area (Å²) in [5.74, 6) is -1.39. The zero-order valence-corrected chi connectivity index (χ0v) is 43.6. The number of rotatable bonds is 19. The van der Waals surface area contributed by atoms with Gasteiger partial charge in [0.05, 0.1) is 41.2 Å². The predicted molar refractivity (Wildman–Crippen MR) is 273 cm³/mol. The summed E-state index contributed by atoms with van der Waals surface area (Å²) in [5, 5.41) is 15.8. The van der Waals surface area contributed by atoms with Gasteiger partial charge in [0.25, 0.3) is 0 Å². The van der Waals surface area contributed by atoms with Crippen molar-refractivity contribution >= 4 is 52.2 Å². The fraction of sp³-hybridized carbons (Fsp3) is 0.648. The zero-order chi connectivity index (χ0) is 53.4. The molecular formula is C54H74F3N11O7. The first kappa shape index (κ1) is 55.3. The van der Waals surface area contributed by atoms with Gasteiger partial charge in [0, 0.05) is 93.9 Å². The van der Waals surface area contributed by atoms with Crippen LogP contribution in [0.2, 0.25) is 0 Å². The highest BCUT2D eigenvalue weighted by molar-refractivity contribution is 5.94. The standard InChI is InChI=1S/C54H74F3N11O7/c1-32(2)66(3)38-16-20-45(68-25-22-43(53(68)74)64-50-40-27-35(54(55,56)57)11-19-42(40)60-31-61-50)44(28-38)65-51(72)33-9-12-36(13-10-33)62-46(69)8-6-26-75-39-17-14-37(15-18-39)63-47(70)21-24-59-52(73)41-29-48(71)67(4)49(41)34-7-5-23-58-30-34/h5,7,11,19,23,27,30-33,36-39,41,43-45,49H,6,8-10,12-18,20-22,24-26,28-29H2,1-4H3,(H,59,73)(H,62,69)(H,63,70)(H,65,72)(H,60,61,64)/t33?,36?,37?,38-,39?,41-,43+,44-,45+,49+/m1/s1. The van der Waals surface area contributed by atoms with E-state index in [-0.39, 0.29) is 114 Å². The minimum absolute atomic E-state index is 0.0211. The Labute approximate surface area is 436 Å². The first-order valence-corrected chi connectivity index (χ1v) is 27.0. The van der Waals surface area contributed by atoms with E-state index in [1.54, 1.807) is 30.4 Å². The van der Waals surface area contributed by atoms with Crippen LogP contribution in [0.25, 0.3) is 10.9 Å². The van der Waals surface area contributed by atoms with Gasteiger partial charge < -0.3 is 46.0 Å². The van der Waals surface area contributed by atoms with Crippen molar-refractivity contribution in [2.24, 2.45) is 11.8 Å². The van der Waals surface area contributed by atoms with Crippen LogP contribution in [0.5, 0.6) is 0 Å². The number of halogens is 3. The largest absolute Gasteiger partial charge is 0.416 e. The molecule has 0 radical (unpaired) electrons. The lowest BCUT2D eigenvalue weighted by atomic mass is 9.82. The Balaban J connectivity index is 0.720. The molecule has 1 aromatic carbocycles. The van der Waals surface area contributed by atoms with Crippen LogP contribution in [0.4, 0.5) is 19.0 Å². The highest BCUT2D eigenvalue weighted by atomic mass is 19.4. The molecule has 21 heteroatoms. The topological polar surface area (TPSA) is 220 Å². The minimum Gasteiger partial charge on any atom is -0.378 e. The molecule has 3 saturated carbocycles. The fourth-order valence-electron chi connectivity index (χ4n) is 11.9. The van der Waals surface area contributed by atoms with E-state index in [0.29, 0.717) is 76.5 Å². The molecule has 5 N–H and O–H groups in total. The number of alkyl halides is 3. The highest BCUT2D eigenvalue weighted by Crippen LogP contribution is 2.38. The summed E-state index contributed by atoms with van der Waals surface area (Å²) in [5.41, 5.74) is 0.301. The second-order valence-electron chi connectivity index (χ2n) is 21.6. The number of carbonyl (C=O) groups excluding carboxylic acids is 6. The predicted octanol–water partition coefficient (Wildman–Crippen LogP) is 5.43. The molecule has 18 nitrogen and oxygen atoms in total. The smallest absolute Gasteiger partial charge is 0.378 e. The van der Waals surface area contributed by atoms with Gasteiger partial charge in [0.1, 0.15) is 18.2 Å². The van der Waals surface area contributed by atoms with Gasteiger partial charge in [-0.1, -0.05) is 6.07 Å². The maximum Gasteiger partial charge on any atom is 0.416 e. The van der Waals surface area contributed by atoms with Crippen LogP contribution in [0, 0.1) is 11.8 Å². The number of anilines is 1. The average molecular weight is 1050 g/mol. The molecule has 0 spiro atoms. The van der Waals surface area contributed by atoms with E-state index in [1.807, 2.05) is 11.0 Å². The van der Waals surface area contributed by atoms with Crippen molar-refractivity contribution < 1.29 is 46.7 Å². The minimum atomic E-state index is -4.55. The summed E-state index contributed by atoms with van der Waals surface area (Å²) in [7, 11) is 3.77. The lowest BCUT2D eigenvalue weighted by Gasteiger charge is -2.45. The van der Waals surface area contributed by atoms with E-state index in [1.165, 1.54) is 12.4 Å². The van der Waals surface area contributed by atoms with Crippen LogP contribution < -0.4 is 26.6 Å². The van der Waals surface area contributed by atoms with Crippen LogP contribution in [-0.2, 0) is 39.7 Å². The molecule has 2 saturated heterocycles. The Morgan fingerprint density at radius 2 is 1.59 bits per heavy atom. The summed E-state index contributed by atoms with van der Waals surface area (Å²) in [6, 6.07) is 5.74. The van der Waals surface area contributed by atoms with Crippen molar-refractivity contribution in [3.05, 3.63) is 60.2 Å². The van der Waals surface area contributed by atoms with Crippen molar-refractivity contribution in [1.29, 1.82) is 0 Å². The second kappa shape index (κ2) is 24.8. The van der Waals surface area contributed by atoms with Crippen LogP contribution in [-0.4, -0.2) is 147 Å². The number of carbonyl (C=O) groups is 6. The number of pyridine rings is 1. The highest BCUT2D eigenvalue weighted by Gasteiger charge is 2.45. The number of likely N-dealkylation sites (tertiary alicyclic amines) is 2. The number of benzene rings is 1. The van der Waals surface area contributed by atoms with E-state index in [2.05, 4.69) is 67.3 Å². The molecule has 5 fully saturated rings. The number of amides is 6. The van der Waals surface area contributed by atoms with Crippen LogP contribution in [0.15, 0.2) is 49.1 Å². The molecule has 0 bridgehead atoms. The third-order valence-corrected chi connectivity index (χ3v) is 16.4. The van der Waals surface area contributed by atoms with Crippen LogP contribution in [0.3, 0.4) is 0 Å². The molecule has 4 heterocycles. The van der Waals surface area contributed by atoms with Crippen molar-refractivity contribution in [1.82, 2.24) is 50.9 Å². The summed E-state index contributed by atoms with van der Waals surface area (Å²) < 4.78 is 47.0. The maximum absolute atomic E-state index is 14.1. The van der Waals surface area contributed by atoms with Crippen molar-refractivity contribution in [3.63, 3.8) is 0 Å². The van der Waals surface area contributed by atoms with Crippen molar-refractivity contribution in [2.75, 3.05) is 39.1 Å². The molecular weight excluding hydrogens is 972 g/mol. The second-order valence-corrected chi connectivity index (χ2v) is 21.6. The number of nitrogens with one attached hydrogen (secondary N) is 5. The quantitative estimate of drug-likeness (QED) is 0.0950. The first-order chi connectivity index (χ1) is 35.9. The molecule has 6 amide bonds. The molecule has 5 aliphatic rings. The molecule has 75 heavy (non-hydrogen) atoms. The van der Waals surface area contributed by atoms with Gasteiger partial charge in [-0.05, 0) is 134 Å². The summed E-state index contributed by atoms with van der Waals surface area (Å²) in [6.45, 7) is 5.32. The fourth-order valence-corrected chi connectivity index (χ4v) is 11.9. The Morgan fingerprint density at radius 3 is 2.28 bits per heavy atom. The van der Waals surface area contributed by atoms with Gasteiger partial charge >= 0.3 is 6.18 Å². The number of nitrogens with zero attached hydrogens (tertiary/aromatic N) is 6. The third-order valence-electron chi connectivity index (χ3n) is 16.4. The van der Waals surface area contributed by atoms with Gasteiger partial charge in [-0.2, -0.15) is 13.2 Å². The molecule has 2 aromatic heterocycles. The molecule has 3 aliphatic carbocycles. The average Bonchev–Trinajstić information content (AvgIpc) is 3.91. The number of hydrogen-bond donors (Lipinski definition) is 5. The number of fused-ring (bicyclic) bond motifs is 1. The van der Waals surface area contributed by atoms with Gasteiger partial charge in [-0.25, -0.2) is 9.97 Å². The molecule has 3 aromatic rings. The van der Waals surface area contributed by atoms with E-state index in [9.17, 15) is 41.9 Å². The van der Waals surface area contributed by atoms with E-state index >= 15 is 0 Å². The molecule has 8 rings (SSSR count). The SMILES string of the molecule is CC(C)N(C)[C@@H]1CC[C@H](N2CC[C@H](Nc3ncnc4ccc(C(F)(F)F)cc34)C2=O)[C@H](NC(=O)C2CCC(NC(=O)CCCOC3CCC(NC(=O)CCNC(=O)[C@@H]4CC(=O)N(C)[C@H]4c4cccnc4)CC3)CC2)C1. The van der Waals surface area contributed by atoms with Gasteiger partial charge in [-0.3, -0.25) is 33.8 Å². The third kappa shape index (κ3) is 13.9. The zero-order valence-electron chi connectivity index (χ0n) is 43.6.